The number of aliphatic hydroxyl groups is 1. The maximum absolute atomic E-state index is 10.1. The molecule has 0 radical (unpaired) electrons. The number of aromatic nitrogens is 2. The molecule has 4 rings (SSSR count). The summed E-state index contributed by atoms with van der Waals surface area (Å²) >= 11 is 6.00. The zero-order valence-electron chi connectivity index (χ0n) is 10.4. The summed E-state index contributed by atoms with van der Waals surface area (Å²) in [5.74, 6) is 1.36. The molecule has 1 aromatic heterocycles. The van der Waals surface area contributed by atoms with Crippen molar-refractivity contribution in [2.75, 3.05) is 18.0 Å². The van der Waals surface area contributed by atoms with E-state index >= 15 is 0 Å². The maximum atomic E-state index is 10.1. The van der Waals surface area contributed by atoms with E-state index in [0.717, 1.165) is 42.7 Å². The van der Waals surface area contributed by atoms with E-state index in [-0.39, 0.29) is 5.60 Å². The molecule has 1 saturated heterocycles. The molecule has 1 aromatic carbocycles. The van der Waals surface area contributed by atoms with Crippen LogP contribution in [0.1, 0.15) is 12.8 Å². The number of hydrogen-bond acceptors (Lipinski definition) is 4. The van der Waals surface area contributed by atoms with Crippen molar-refractivity contribution in [1.82, 2.24) is 9.97 Å². The minimum Gasteiger partial charge on any atom is -0.389 e. The van der Waals surface area contributed by atoms with Crippen LogP contribution in [0.15, 0.2) is 24.5 Å². The van der Waals surface area contributed by atoms with Crippen LogP contribution in [-0.4, -0.2) is 33.8 Å². The minimum absolute atomic E-state index is 0.386. The molecule has 98 valence electrons. The van der Waals surface area contributed by atoms with Crippen molar-refractivity contribution in [1.29, 1.82) is 0 Å². The molecule has 2 aromatic rings. The van der Waals surface area contributed by atoms with Gasteiger partial charge in [0.05, 0.1) is 11.1 Å². The van der Waals surface area contributed by atoms with E-state index < -0.39 is 0 Å². The molecule has 5 heteroatoms. The molecule has 0 unspecified atom stereocenters. The number of hydrogen-bond donors (Lipinski definition) is 1. The number of nitrogens with zero attached hydrogens (tertiary/aromatic N) is 3. The fraction of sp³-hybridized carbons (Fsp3) is 0.429. The maximum Gasteiger partial charge on any atom is 0.139 e. The summed E-state index contributed by atoms with van der Waals surface area (Å²) in [4.78, 5) is 10.9. The Labute approximate surface area is 116 Å². The van der Waals surface area contributed by atoms with Gasteiger partial charge in [-0.05, 0) is 31.0 Å². The van der Waals surface area contributed by atoms with E-state index in [1.54, 1.807) is 6.33 Å². The first-order chi connectivity index (χ1) is 9.16. The van der Waals surface area contributed by atoms with Crippen molar-refractivity contribution in [3.8, 4) is 0 Å². The van der Waals surface area contributed by atoms with Crippen molar-refractivity contribution in [3.63, 3.8) is 0 Å². The molecular formula is C14H14ClN3O. The van der Waals surface area contributed by atoms with Gasteiger partial charge in [0.25, 0.3) is 0 Å². The van der Waals surface area contributed by atoms with Crippen molar-refractivity contribution in [3.05, 3.63) is 29.5 Å². The molecule has 0 amide bonds. The molecule has 1 aliphatic carbocycles. The molecule has 1 N–H and O–H groups in total. The second-order valence-corrected chi connectivity index (χ2v) is 6.00. The summed E-state index contributed by atoms with van der Waals surface area (Å²) in [6.45, 7) is 1.73. The molecule has 2 heterocycles. The molecule has 2 atom stereocenters. The SMILES string of the molecule is O[C@@]12CCN(c3ncnc4cc(Cl)ccc34)C[C@@H]1C2. The third kappa shape index (κ3) is 1.78. The van der Waals surface area contributed by atoms with E-state index in [1.807, 2.05) is 18.2 Å². The van der Waals surface area contributed by atoms with Crippen LogP contribution in [0.2, 0.25) is 5.02 Å². The summed E-state index contributed by atoms with van der Waals surface area (Å²) in [6, 6.07) is 5.70. The van der Waals surface area contributed by atoms with E-state index in [2.05, 4.69) is 14.9 Å². The summed E-state index contributed by atoms with van der Waals surface area (Å²) in [5.41, 5.74) is 0.483. The molecule has 0 spiro atoms. The second-order valence-electron chi connectivity index (χ2n) is 5.56. The molecule has 2 aliphatic rings. The van der Waals surface area contributed by atoms with Crippen LogP contribution in [0.3, 0.4) is 0 Å². The van der Waals surface area contributed by atoms with Gasteiger partial charge in [0.15, 0.2) is 0 Å². The topological polar surface area (TPSA) is 49.2 Å². The fourth-order valence-electron chi connectivity index (χ4n) is 3.05. The van der Waals surface area contributed by atoms with Gasteiger partial charge in [0, 0.05) is 29.4 Å². The smallest absolute Gasteiger partial charge is 0.139 e. The van der Waals surface area contributed by atoms with E-state index in [4.69, 9.17) is 11.6 Å². The average Bonchev–Trinajstić information content (AvgIpc) is 3.08. The number of halogens is 1. The third-order valence-corrected chi connectivity index (χ3v) is 4.57. The Morgan fingerprint density at radius 1 is 1.37 bits per heavy atom. The highest BCUT2D eigenvalue weighted by Crippen LogP contribution is 2.50. The Kier molecular flexibility index (Phi) is 2.29. The number of rotatable bonds is 1. The first kappa shape index (κ1) is 11.4. The van der Waals surface area contributed by atoms with Crippen molar-refractivity contribution >= 4 is 28.3 Å². The third-order valence-electron chi connectivity index (χ3n) is 4.33. The number of fused-ring (bicyclic) bond motifs is 2. The van der Waals surface area contributed by atoms with Crippen molar-refractivity contribution < 1.29 is 5.11 Å². The summed E-state index contributed by atoms with van der Waals surface area (Å²) in [6.07, 6.45) is 3.34. The lowest BCUT2D eigenvalue weighted by Gasteiger charge is -2.30. The predicted molar refractivity (Wildman–Crippen MR) is 74.4 cm³/mol. The van der Waals surface area contributed by atoms with Gasteiger partial charge in [-0.15, -0.1) is 0 Å². The molecular weight excluding hydrogens is 262 g/mol. The largest absolute Gasteiger partial charge is 0.389 e. The van der Waals surface area contributed by atoms with Crippen LogP contribution >= 0.6 is 11.6 Å². The van der Waals surface area contributed by atoms with Gasteiger partial charge >= 0.3 is 0 Å². The molecule has 4 nitrogen and oxygen atoms in total. The average molecular weight is 276 g/mol. The zero-order valence-corrected chi connectivity index (χ0v) is 11.1. The van der Waals surface area contributed by atoms with Gasteiger partial charge in [-0.3, -0.25) is 0 Å². The van der Waals surface area contributed by atoms with E-state index in [0.29, 0.717) is 10.9 Å². The molecule has 1 saturated carbocycles. The Morgan fingerprint density at radius 2 is 2.26 bits per heavy atom. The van der Waals surface area contributed by atoms with Gasteiger partial charge in [-0.1, -0.05) is 11.6 Å². The van der Waals surface area contributed by atoms with Gasteiger partial charge in [-0.25, -0.2) is 9.97 Å². The Morgan fingerprint density at radius 3 is 3.11 bits per heavy atom. The highest BCUT2D eigenvalue weighted by Gasteiger charge is 2.55. The van der Waals surface area contributed by atoms with Crippen LogP contribution in [0.5, 0.6) is 0 Å². The summed E-state index contributed by atoms with van der Waals surface area (Å²) < 4.78 is 0. The Hall–Kier alpha value is -1.39. The second kappa shape index (κ2) is 3.81. The first-order valence-corrected chi connectivity index (χ1v) is 6.91. The molecule has 19 heavy (non-hydrogen) atoms. The Balaban J connectivity index is 1.75. The van der Waals surface area contributed by atoms with Crippen molar-refractivity contribution in [2.45, 2.75) is 18.4 Å². The highest BCUT2D eigenvalue weighted by atomic mass is 35.5. The normalized spacial score (nSPS) is 29.4. The lowest BCUT2D eigenvalue weighted by Crippen LogP contribution is -2.37. The lowest BCUT2D eigenvalue weighted by molar-refractivity contribution is 0.114. The van der Waals surface area contributed by atoms with Gasteiger partial charge < -0.3 is 10.0 Å². The minimum atomic E-state index is -0.386. The summed E-state index contributed by atoms with van der Waals surface area (Å²) in [7, 11) is 0. The van der Waals surface area contributed by atoms with Crippen LogP contribution in [-0.2, 0) is 0 Å². The van der Waals surface area contributed by atoms with Crippen LogP contribution < -0.4 is 4.90 Å². The monoisotopic (exact) mass is 275 g/mol. The molecule has 2 fully saturated rings. The van der Waals surface area contributed by atoms with Crippen LogP contribution in [0, 0.1) is 5.92 Å². The van der Waals surface area contributed by atoms with E-state index in [9.17, 15) is 5.11 Å². The number of anilines is 1. The first-order valence-electron chi connectivity index (χ1n) is 6.53. The van der Waals surface area contributed by atoms with Crippen molar-refractivity contribution in [2.24, 2.45) is 5.92 Å². The van der Waals surface area contributed by atoms with Crippen LogP contribution in [0.25, 0.3) is 10.9 Å². The highest BCUT2D eigenvalue weighted by molar-refractivity contribution is 6.31. The fourth-order valence-corrected chi connectivity index (χ4v) is 3.22. The quantitative estimate of drug-likeness (QED) is 0.867. The summed E-state index contributed by atoms with van der Waals surface area (Å²) in [5, 5.41) is 11.8. The van der Waals surface area contributed by atoms with Gasteiger partial charge in [0.1, 0.15) is 12.1 Å². The lowest BCUT2D eigenvalue weighted by atomic mass is 10.1. The zero-order chi connectivity index (χ0) is 13.0. The Bertz CT molecular complexity index is 662. The van der Waals surface area contributed by atoms with Gasteiger partial charge in [0.2, 0.25) is 0 Å². The predicted octanol–water partition coefficient (Wildman–Crippen LogP) is 2.24. The molecule has 0 bridgehead atoms. The number of benzene rings is 1. The van der Waals surface area contributed by atoms with Crippen LogP contribution in [0.4, 0.5) is 5.82 Å². The molecule has 1 aliphatic heterocycles. The van der Waals surface area contributed by atoms with Gasteiger partial charge in [-0.2, -0.15) is 0 Å². The number of piperidine rings is 1. The standard InChI is InChI=1S/C14H14ClN3O/c15-10-1-2-11-12(5-10)16-8-17-13(11)18-4-3-14(19)6-9(14)7-18/h1-2,5,8-9,19H,3-4,6-7H2/t9-,14+/m0/s1. The van der Waals surface area contributed by atoms with E-state index in [1.165, 1.54) is 0 Å².